The third-order valence-corrected chi connectivity index (χ3v) is 3.19. The van der Waals surface area contributed by atoms with E-state index in [0.717, 1.165) is 25.7 Å². The van der Waals surface area contributed by atoms with Crippen molar-refractivity contribution in [2.75, 3.05) is 6.54 Å². The van der Waals surface area contributed by atoms with Crippen LogP contribution in [0.15, 0.2) is 0 Å². The Labute approximate surface area is 95.6 Å². The second kappa shape index (κ2) is 5.72. The number of nitrogens with zero attached hydrogens (tertiary/aromatic N) is 1. The number of aliphatic carboxylic acids is 1. The molecule has 0 bridgehead atoms. The number of carboxylic acids is 1. The second-order valence-corrected chi connectivity index (χ2v) is 4.52. The number of carboxylic acid groups (broad SMARTS) is 1. The van der Waals surface area contributed by atoms with Crippen LogP contribution in [0, 0.1) is 5.92 Å². The molecule has 0 spiro atoms. The zero-order valence-corrected chi connectivity index (χ0v) is 9.69. The van der Waals surface area contributed by atoms with Gasteiger partial charge in [0.25, 0.3) is 0 Å². The summed E-state index contributed by atoms with van der Waals surface area (Å²) < 4.78 is 0. The van der Waals surface area contributed by atoms with Crippen LogP contribution >= 0.6 is 0 Å². The maximum absolute atomic E-state index is 11.3. The third kappa shape index (κ3) is 3.40. The Balaban J connectivity index is 2.59. The largest absolute Gasteiger partial charge is 0.481 e. The van der Waals surface area contributed by atoms with Gasteiger partial charge in [0.2, 0.25) is 0 Å². The van der Waals surface area contributed by atoms with Crippen molar-refractivity contribution in [1.82, 2.24) is 4.90 Å². The van der Waals surface area contributed by atoms with Crippen LogP contribution in [0.3, 0.4) is 0 Å². The number of amides is 2. The number of urea groups is 1. The first kappa shape index (κ1) is 12.8. The smallest absolute Gasteiger partial charge is 0.315 e. The van der Waals surface area contributed by atoms with E-state index in [1.165, 1.54) is 11.3 Å². The van der Waals surface area contributed by atoms with Gasteiger partial charge in [-0.25, -0.2) is 4.79 Å². The molecular weight excluding hydrogens is 208 g/mol. The van der Waals surface area contributed by atoms with Crippen LogP contribution < -0.4 is 5.73 Å². The lowest BCUT2D eigenvalue weighted by atomic mass is 9.93. The Bertz CT molecular complexity index is 262. The van der Waals surface area contributed by atoms with Crippen molar-refractivity contribution in [3.8, 4) is 0 Å². The van der Waals surface area contributed by atoms with E-state index in [1.54, 1.807) is 6.92 Å². The van der Waals surface area contributed by atoms with Gasteiger partial charge in [-0.2, -0.15) is 0 Å². The highest BCUT2D eigenvalue weighted by Crippen LogP contribution is 2.23. The predicted molar refractivity (Wildman–Crippen MR) is 60.0 cm³/mol. The molecule has 0 aromatic carbocycles. The molecule has 16 heavy (non-hydrogen) atoms. The number of carbonyl (C=O) groups is 2. The molecule has 1 aliphatic rings. The number of primary amides is 1. The van der Waals surface area contributed by atoms with Crippen molar-refractivity contribution in [2.45, 2.75) is 45.1 Å². The lowest BCUT2D eigenvalue weighted by molar-refractivity contribution is -0.141. The molecule has 1 saturated carbocycles. The van der Waals surface area contributed by atoms with Crippen molar-refractivity contribution >= 4 is 12.0 Å². The molecule has 1 aliphatic carbocycles. The summed E-state index contributed by atoms with van der Waals surface area (Å²) in [5, 5.41) is 8.83. The predicted octanol–water partition coefficient (Wildman–Crippen LogP) is 1.42. The molecular formula is C11H20N2O3. The van der Waals surface area contributed by atoms with Gasteiger partial charge in [0, 0.05) is 12.6 Å². The average Bonchev–Trinajstić information content (AvgIpc) is 2.26. The molecule has 0 aromatic rings. The summed E-state index contributed by atoms with van der Waals surface area (Å²) in [6, 6.07) is -0.368. The molecule has 0 saturated heterocycles. The number of carbonyl (C=O) groups excluding carboxylic acids is 1. The monoisotopic (exact) mass is 228 g/mol. The van der Waals surface area contributed by atoms with E-state index < -0.39 is 17.9 Å². The van der Waals surface area contributed by atoms with Crippen LogP contribution in [0.2, 0.25) is 0 Å². The topological polar surface area (TPSA) is 83.6 Å². The Kier molecular flexibility index (Phi) is 4.58. The summed E-state index contributed by atoms with van der Waals surface area (Å²) in [6.07, 6.45) is 5.26. The Hall–Kier alpha value is -1.26. The quantitative estimate of drug-likeness (QED) is 0.763. The van der Waals surface area contributed by atoms with Gasteiger partial charge in [-0.1, -0.05) is 26.2 Å². The minimum absolute atomic E-state index is 0.132. The average molecular weight is 228 g/mol. The fraction of sp³-hybridized carbons (Fsp3) is 0.818. The molecule has 3 N–H and O–H groups in total. The standard InChI is InChI=1S/C11H20N2O3/c1-8(10(14)15)7-13(11(12)16)9-5-3-2-4-6-9/h8-9H,2-7H2,1H3,(H2,12,16)(H,14,15). The number of nitrogens with two attached hydrogens (primary N) is 1. The summed E-state index contributed by atoms with van der Waals surface area (Å²) in [7, 11) is 0. The molecule has 0 radical (unpaired) electrons. The molecule has 0 heterocycles. The van der Waals surface area contributed by atoms with E-state index in [9.17, 15) is 9.59 Å². The van der Waals surface area contributed by atoms with Crippen LogP contribution in [0.4, 0.5) is 4.79 Å². The van der Waals surface area contributed by atoms with Crippen molar-refractivity contribution in [3.63, 3.8) is 0 Å². The lowest BCUT2D eigenvalue weighted by Crippen LogP contribution is -2.47. The number of hydrogen-bond acceptors (Lipinski definition) is 2. The lowest BCUT2D eigenvalue weighted by Gasteiger charge is -2.34. The Morgan fingerprint density at radius 3 is 2.38 bits per heavy atom. The minimum atomic E-state index is -0.887. The third-order valence-electron chi connectivity index (χ3n) is 3.19. The van der Waals surface area contributed by atoms with Crippen LogP contribution in [0.5, 0.6) is 0 Å². The molecule has 0 aliphatic heterocycles. The first-order valence-electron chi connectivity index (χ1n) is 5.81. The normalized spacial score (nSPS) is 19.1. The maximum Gasteiger partial charge on any atom is 0.315 e. The minimum Gasteiger partial charge on any atom is -0.481 e. The molecule has 0 aromatic heterocycles. The van der Waals surface area contributed by atoms with Crippen LogP contribution in [-0.4, -0.2) is 34.6 Å². The zero-order chi connectivity index (χ0) is 12.1. The van der Waals surface area contributed by atoms with Gasteiger partial charge < -0.3 is 15.7 Å². The SMILES string of the molecule is CC(CN(C(N)=O)C1CCCCC1)C(=O)O. The molecule has 1 unspecified atom stereocenters. The molecule has 5 heteroatoms. The van der Waals surface area contributed by atoms with Gasteiger partial charge >= 0.3 is 12.0 Å². The second-order valence-electron chi connectivity index (χ2n) is 4.52. The first-order valence-corrected chi connectivity index (χ1v) is 5.81. The van der Waals surface area contributed by atoms with Gasteiger partial charge in [-0.15, -0.1) is 0 Å². The molecule has 92 valence electrons. The van der Waals surface area contributed by atoms with E-state index in [-0.39, 0.29) is 12.6 Å². The summed E-state index contributed by atoms with van der Waals surface area (Å²) in [5.74, 6) is -1.45. The van der Waals surface area contributed by atoms with Gasteiger partial charge in [0.05, 0.1) is 5.92 Å². The van der Waals surface area contributed by atoms with Crippen molar-refractivity contribution in [1.29, 1.82) is 0 Å². The van der Waals surface area contributed by atoms with Crippen molar-refractivity contribution in [2.24, 2.45) is 11.7 Å². The van der Waals surface area contributed by atoms with Crippen LogP contribution in [0.25, 0.3) is 0 Å². The van der Waals surface area contributed by atoms with Crippen LogP contribution in [-0.2, 0) is 4.79 Å². The fourth-order valence-electron chi connectivity index (χ4n) is 2.18. The van der Waals surface area contributed by atoms with Crippen molar-refractivity contribution < 1.29 is 14.7 Å². The van der Waals surface area contributed by atoms with E-state index in [0.29, 0.717) is 0 Å². The van der Waals surface area contributed by atoms with Gasteiger partial charge in [0.15, 0.2) is 0 Å². The van der Waals surface area contributed by atoms with E-state index in [1.807, 2.05) is 0 Å². The number of hydrogen-bond donors (Lipinski definition) is 2. The fourth-order valence-corrected chi connectivity index (χ4v) is 2.18. The molecule has 5 nitrogen and oxygen atoms in total. The van der Waals surface area contributed by atoms with Gasteiger partial charge in [-0.3, -0.25) is 4.79 Å². The highest BCUT2D eigenvalue weighted by molar-refractivity contribution is 5.74. The Morgan fingerprint density at radius 1 is 1.38 bits per heavy atom. The molecule has 1 atom stereocenters. The molecule has 2 amide bonds. The summed E-state index contributed by atoms with van der Waals surface area (Å²) in [4.78, 5) is 23.6. The number of rotatable bonds is 4. The molecule has 1 rings (SSSR count). The summed E-state index contributed by atoms with van der Waals surface area (Å²) in [5.41, 5.74) is 5.31. The summed E-state index contributed by atoms with van der Waals surface area (Å²) in [6.45, 7) is 1.82. The summed E-state index contributed by atoms with van der Waals surface area (Å²) >= 11 is 0. The van der Waals surface area contributed by atoms with Crippen molar-refractivity contribution in [3.05, 3.63) is 0 Å². The van der Waals surface area contributed by atoms with E-state index in [4.69, 9.17) is 10.8 Å². The molecule has 1 fully saturated rings. The maximum atomic E-state index is 11.3. The van der Waals surface area contributed by atoms with E-state index >= 15 is 0 Å². The van der Waals surface area contributed by atoms with Crippen LogP contribution in [0.1, 0.15) is 39.0 Å². The zero-order valence-electron chi connectivity index (χ0n) is 9.69. The van der Waals surface area contributed by atoms with E-state index in [2.05, 4.69) is 0 Å². The highest BCUT2D eigenvalue weighted by Gasteiger charge is 2.26. The first-order chi connectivity index (χ1) is 7.52. The van der Waals surface area contributed by atoms with Gasteiger partial charge in [-0.05, 0) is 12.8 Å². The van der Waals surface area contributed by atoms with Gasteiger partial charge in [0.1, 0.15) is 0 Å². The Morgan fingerprint density at radius 2 is 1.94 bits per heavy atom. The highest BCUT2D eigenvalue weighted by atomic mass is 16.4.